The number of benzene rings is 1. The molecule has 0 spiro atoms. The number of nitrogens with zero attached hydrogens (tertiary/aromatic N) is 1. The third-order valence-electron chi connectivity index (χ3n) is 2.51. The Morgan fingerprint density at radius 2 is 2.25 bits per heavy atom. The number of hydrogen-bond acceptors (Lipinski definition) is 4. The number of nitrogens with two attached hydrogens (primary N) is 1. The lowest BCUT2D eigenvalue weighted by Crippen LogP contribution is -2.14. The summed E-state index contributed by atoms with van der Waals surface area (Å²) in [6.45, 7) is 4.32. The Hall–Kier alpha value is -1.62. The maximum absolute atomic E-state index is 10.9. The van der Waals surface area contributed by atoms with E-state index in [1.54, 1.807) is 12.1 Å². The molecular weight excluding hydrogens is 206 g/mol. The molecular formula is C11H17N3O2. The maximum Gasteiger partial charge on any atom is 0.292 e. The van der Waals surface area contributed by atoms with E-state index in [1.165, 1.54) is 6.07 Å². The van der Waals surface area contributed by atoms with Crippen LogP contribution in [0.5, 0.6) is 0 Å². The van der Waals surface area contributed by atoms with Crippen LogP contribution in [0.1, 0.15) is 25.8 Å². The molecule has 0 aliphatic heterocycles. The number of hydrogen-bond donors (Lipinski definition) is 2. The summed E-state index contributed by atoms with van der Waals surface area (Å²) in [5, 5.41) is 14.0. The molecule has 0 aliphatic rings. The lowest BCUT2D eigenvalue weighted by Gasteiger charge is -2.13. The van der Waals surface area contributed by atoms with E-state index in [0.29, 0.717) is 12.2 Å². The van der Waals surface area contributed by atoms with Gasteiger partial charge in [0.1, 0.15) is 5.69 Å². The first-order valence-corrected chi connectivity index (χ1v) is 5.32. The van der Waals surface area contributed by atoms with Crippen molar-refractivity contribution in [1.82, 2.24) is 0 Å². The average Bonchev–Trinajstić information content (AvgIpc) is 2.29. The van der Waals surface area contributed by atoms with Crippen molar-refractivity contribution in [3.8, 4) is 0 Å². The van der Waals surface area contributed by atoms with Gasteiger partial charge in [-0.25, -0.2) is 0 Å². The zero-order valence-electron chi connectivity index (χ0n) is 9.56. The molecule has 5 nitrogen and oxygen atoms in total. The van der Waals surface area contributed by atoms with Crippen molar-refractivity contribution < 1.29 is 4.92 Å². The highest BCUT2D eigenvalue weighted by molar-refractivity contribution is 5.63. The minimum atomic E-state index is -0.385. The van der Waals surface area contributed by atoms with Gasteiger partial charge in [-0.1, -0.05) is 13.0 Å². The molecule has 3 N–H and O–H groups in total. The van der Waals surface area contributed by atoms with E-state index < -0.39 is 0 Å². The molecule has 5 heteroatoms. The molecule has 0 fully saturated rings. The highest BCUT2D eigenvalue weighted by Gasteiger charge is 2.15. The van der Waals surface area contributed by atoms with E-state index in [9.17, 15) is 10.1 Å². The van der Waals surface area contributed by atoms with Crippen molar-refractivity contribution in [2.24, 2.45) is 5.73 Å². The van der Waals surface area contributed by atoms with Crippen molar-refractivity contribution in [3.05, 3.63) is 33.9 Å². The predicted molar refractivity (Wildman–Crippen MR) is 64.4 cm³/mol. The molecule has 1 atom stereocenters. The zero-order chi connectivity index (χ0) is 12.1. The van der Waals surface area contributed by atoms with Crippen LogP contribution in [0.25, 0.3) is 0 Å². The Morgan fingerprint density at radius 3 is 2.75 bits per heavy atom. The summed E-state index contributed by atoms with van der Waals surface area (Å²) in [5.74, 6) is 0. The summed E-state index contributed by atoms with van der Waals surface area (Å²) in [4.78, 5) is 10.5. The second-order valence-electron chi connectivity index (χ2n) is 3.77. The van der Waals surface area contributed by atoms with Crippen molar-refractivity contribution in [3.63, 3.8) is 0 Å². The first kappa shape index (κ1) is 12.4. The number of rotatable bonds is 5. The fourth-order valence-corrected chi connectivity index (χ4v) is 1.34. The molecule has 0 saturated carbocycles. The Labute approximate surface area is 94.8 Å². The Morgan fingerprint density at radius 1 is 1.56 bits per heavy atom. The molecule has 0 aromatic heterocycles. The SMILES string of the molecule is CCC(C)Nc1ccc(CN)cc1[N+](=O)[O-]. The largest absolute Gasteiger partial charge is 0.377 e. The molecule has 0 heterocycles. The lowest BCUT2D eigenvalue weighted by atomic mass is 10.1. The molecule has 0 aliphatic carbocycles. The van der Waals surface area contributed by atoms with Crippen LogP contribution in [0.3, 0.4) is 0 Å². The van der Waals surface area contributed by atoms with Gasteiger partial charge >= 0.3 is 0 Å². The van der Waals surface area contributed by atoms with E-state index in [0.717, 1.165) is 12.0 Å². The van der Waals surface area contributed by atoms with Crippen LogP contribution in [0, 0.1) is 10.1 Å². The van der Waals surface area contributed by atoms with E-state index in [4.69, 9.17) is 5.73 Å². The van der Waals surface area contributed by atoms with Gasteiger partial charge in [0, 0.05) is 18.7 Å². The third kappa shape index (κ3) is 2.93. The monoisotopic (exact) mass is 223 g/mol. The van der Waals surface area contributed by atoms with Gasteiger partial charge in [-0.15, -0.1) is 0 Å². The summed E-state index contributed by atoms with van der Waals surface area (Å²) in [5.41, 5.74) is 6.86. The van der Waals surface area contributed by atoms with E-state index in [-0.39, 0.29) is 16.7 Å². The molecule has 0 saturated heterocycles. The quantitative estimate of drug-likeness (QED) is 0.592. The smallest absolute Gasteiger partial charge is 0.292 e. The highest BCUT2D eigenvalue weighted by Crippen LogP contribution is 2.26. The predicted octanol–water partition coefficient (Wildman–Crippen LogP) is 2.26. The molecule has 0 amide bonds. The van der Waals surface area contributed by atoms with Gasteiger partial charge in [0.25, 0.3) is 5.69 Å². The van der Waals surface area contributed by atoms with E-state index in [1.807, 2.05) is 13.8 Å². The van der Waals surface area contributed by atoms with Gasteiger partial charge < -0.3 is 11.1 Å². The van der Waals surface area contributed by atoms with Crippen LogP contribution in [-0.2, 0) is 6.54 Å². The van der Waals surface area contributed by atoms with E-state index >= 15 is 0 Å². The summed E-state index contributed by atoms with van der Waals surface area (Å²) in [6.07, 6.45) is 0.912. The lowest BCUT2D eigenvalue weighted by molar-refractivity contribution is -0.384. The first-order chi connectivity index (χ1) is 7.58. The number of nitro benzene ring substituents is 1. The topological polar surface area (TPSA) is 81.2 Å². The van der Waals surface area contributed by atoms with Crippen molar-refractivity contribution in [1.29, 1.82) is 0 Å². The van der Waals surface area contributed by atoms with Crippen LogP contribution in [0.4, 0.5) is 11.4 Å². The van der Waals surface area contributed by atoms with E-state index in [2.05, 4.69) is 5.32 Å². The number of nitrogens with one attached hydrogen (secondary N) is 1. The molecule has 1 aromatic carbocycles. The minimum absolute atomic E-state index is 0.0863. The maximum atomic E-state index is 10.9. The second kappa shape index (κ2) is 5.46. The fourth-order valence-electron chi connectivity index (χ4n) is 1.34. The average molecular weight is 223 g/mol. The molecule has 1 aromatic rings. The van der Waals surface area contributed by atoms with Gasteiger partial charge in [0.15, 0.2) is 0 Å². The molecule has 88 valence electrons. The second-order valence-corrected chi connectivity index (χ2v) is 3.77. The molecule has 1 rings (SSSR count). The standard InChI is InChI=1S/C11H17N3O2/c1-3-8(2)13-10-5-4-9(7-12)6-11(10)14(15)16/h4-6,8,13H,3,7,12H2,1-2H3. The summed E-state index contributed by atoms with van der Waals surface area (Å²) in [6, 6.07) is 5.25. The number of anilines is 1. The summed E-state index contributed by atoms with van der Waals surface area (Å²) in [7, 11) is 0. The van der Waals surface area contributed by atoms with Gasteiger partial charge in [-0.05, 0) is 25.0 Å². The third-order valence-corrected chi connectivity index (χ3v) is 2.51. The summed E-state index contributed by atoms with van der Waals surface area (Å²) < 4.78 is 0. The van der Waals surface area contributed by atoms with Crippen LogP contribution >= 0.6 is 0 Å². The van der Waals surface area contributed by atoms with Crippen LogP contribution in [-0.4, -0.2) is 11.0 Å². The van der Waals surface area contributed by atoms with Gasteiger partial charge in [-0.3, -0.25) is 10.1 Å². The van der Waals surface area contributed by atoms with Gasteiger partial charge in [0.2, 0.25) is 0 Å². The zero-order valence-corrected chi connectivity index (χ0v) is 9.56. The summed E-state index contributed by atoms with van der Waals surface area (Å²) >= 11 is 0. The van der Waals surface area contributed by atoms with Crippen molar-refractivity contribution in [2.45, 2.75) is 32.9 Å². The van der Waals surface area contributed by atoms with Crippen molar-refractivity contribution in [2.75, 3.05) is 5.32 Å². The minimum Gasteiger partial charge on any atom is -0.377 e. The Bertz CT molecular complexity index is 379. The fraction of sp³-hybridized carbons (Fsp3) is 0.455. The number of nitro groups is 1. The van der Waals surface area contributed by atoms with Crippen molar-refractivity contribution >= 4 is 11.4 Å². The van der Waals surface area contributed by atoms with Crippen LogP contribution in [0.2, 0.25) is 0 Å². The normalized spacial score (nSPS) is 12.2. The molecule has 0 bridgehead atoms. The van der Waals surface area contributed by atoms with Crippen LogP contribution in [0.15, 0.2) is 18.2 Å². The van der Waals surface area contributed by atoms with Gasteiger partial charge in [0.05, 0.1) is 4.92 Å². The first-order valence-electron chi connectivity index (χ1n) is 5.32. The molecule has 0 radical (unpaired) electrons. The molecule has 16 heavy (non-hydrogen) atoms. The Kier molecular flexibility index (Phi) is 4.25. The Balaban J connectivity index is 3.03. The highest BCUT2D eigenvalue weighted by atomic mass is 16.6. The van der Waals surface area contributed by atoms with Gasteiger partial charge in [-0.2, -0.15) is 0 Å². The molecule has 1 unspecified atom stereocenters. The van der Waals surface area contributed by atoms with Crippen LogP contribution < -0.4 is 11.1 Å².